The fraction of sp³-hybridized carbons (Fsp3) is 0.188. The summed E-state index contributed by atoms with van der Waals surface area (Å²) in [5.74, 6) is -0.770. The number of hydrogen-bond donors (Lipinski definition) is 1. The highest BCUT2D eigenvalue weighted by molar-refractivity contribution is 5.92. The number of anilines is 1. The number of aryl methyl sites for hydroxylation is 1. The average molecular weight is 309 g/mol. The third kappa shape index (κ3) is 4.80. The Morgan fingerprint density at radius 3 is 2.45 bits per heavy atom. The molecular weight excluding hydrogens is 295 g/mol. The summed E-state index contributed by atoms with van der Waals surface area (Å²) in [6.07, 6.45) is 0.568. The Morgan fingerprint density at radius 2 is 1.77 bits per heavy atom. The zero-order valence-corrected chi connectivity index (χ0v) is 11.6. The van der Waals surface area contributed by atoms with Crippen LogP contribution in [0.5, 0.6) is 5.75 Å². The van der Waals surface area contributed by atoms with E-state index in [2.05, 4.69) is 10.1 Å². The van der Waals surface area contributed by atoms with E-state index >= 15 is 0 Å². The number of carbonyl (C=O) groups excluding carboxylic acids is 1. The van der Waals surface area contributed by atoms with Gasteiger partial charge in [0.1, 0.15) is 11.6 Å². The lowest BCUT2D eigenvalue weighted by Gasteiger charge is -2.11. The van der Waals surface area contributed by atoms with Gasteiger partial charge in [0.15, 0.2) is 0 Å². The summed E-state index contributed by atoms with van der Waals surface area (Å²) in [5.41, 5.74) is 1.00. The summed E-state index contributed by atoms with van der Waals surface area (Å²) in [6.45, 7) is -2.96. The zero-order chi connectivity index (χ0) is 15.9. The standard InChI is InChI=1S/C16H14F3NO2/c17-12-8-5-11(6-9-12)7-10-15(21)20-13-3-1-2-4-14(13)22-16(18)19/h1-6,8-9,16H,7,10H2,(H,20,21). The van der Waals surface area contributed by atoms with Gasteiger partial charge >= 0.3 is 6.61 Å². The summed E-state index contributed by atoms with van der Waals surface area (Å²) in [7, 11) is 0. The monoisotopic (exact) mass is 309 g/mol. The second-order valence-corrected chi connectivity index (χ2v) is 4.55. The summed E-state index contributed by atoms with van der Waals surface area (Å²) >= 11 is 0. The maximum atomic E-state index is 12.8. The minimum Gasteiger partial charge on any atom is -0.433 e. The number of rotatable bonds is 6. The van der Waals surface area contributed by atoms with Crippen molar-refractivity contribution >= 4 is 11.6 Å². The van der Waals surface area contributed by atoms with E-state index in [0.717, 1.165) is 5.56 Å². The van der Waals surface area contributed by atoms with Crippen LogP contribution in [0, 0.1) is 5.82 Å². The van der Waals surface area contributed by atoms with E-state index < -0.39 is 6.61 Å². The van der Waals surface area contributed by atoms with E-state index in [4.69, 9.17) is 0 Å². The molecule has 0 radical (unpaired) electrons. The van der Waals surface area contributed by atoms with Crippen molar-refractivity contribution < 1.29 is 22.7 Å². The Hall–Kier alpha value is -2.50. The molecule has 0 aliphatic carbocycles. The molecule has 0 aliphatic heterocycles. The van der Waals surface area contributed by atoms with Crippen LogP contribution in [0.15, 0.2) is 48.5 Å². The molecule has 0 heterocycles. The highest BCUT2D eigenvalue weighted by atomic mass is 19.3. The van der Waals surface area contributed by atoms with Gasteiger partial charge in [-0.1, -0.05) is 24.3 Å². The number of ether oxygens (including phenoxy) is 1. The highest BCUT2D eigenvalue weighted by Gasteiger charge is 2.11. The SMILES string of the molecule is O=C(CCc1ccc(F)cc1)Nc1ccccc1OC(F)F. The smallest absolute Gasteiger partial charge is 0.387 e. The Kier molecular flexibility index (Phi) is 5.41. The first-order chi connectivity index (χ1) is 10.5. The van der Waals surface area contributed by atoms with Gasteiger partial charge in [-0.05, 0) is 36.2 Å². The third-order valence-electron chi connectivity index (χ3n) is 2.93. The molecule has 6 heteroatoms. The van der Waals surface area contributed by atoms with Crippen LogP contribution in [0.25, 0.3) is 0 Å². The third-order valence-corrected chi connectivity index (χ3v) is 2.93. The van der Waals surface area contributed by atoms with Crippen LogP contribution >= 0.6 is 0 Å². The average Bonchev–Trinajstić information content (AvgIpc) is 2.48. The van der Waals surface area contributed by atoms with E-state index in [1.54, 1.807) is 18.2 Å². The fourth-order valence-corrected chi connectivity index (χ4v) is 1.89. The van der Waals surface area contributed by atoms with E-state index in [1.807, 2.05) is 0 Å². The van der Waals surface area contributed by atoms with Crippen molar-refractivity contribution in [3.63, 3.8) is 0 Å². The van der Waals surface area contributed by atoms with Crippen molar-refractivity contribution in [3.05, 3.63) is 59.9 Å². The van der Waals surface area contributed by atoms with Crippen molar-refractivity contribution in [2.75, 3.05) is 5.32 Å². The predicted octanol–water partition coefficient (Wildman–Crippen LogP) is 4.00. The lowest BCUT2D eigenvalue weighted by Crippen LogP contribution is -2.14. The molecule has 22 heavy (non-hydrogen) atoms. The number of hydrogen-bond acceptors (Lipinski definition) is 2. The van der Waals surface area contributed by atoms with Crippen molar-refractivity contribution in [2.45, 2.75) is 19.5 Å². The molecule has 3 nitrogen and oxygen atoms in total. The van der Waals surface area contributed by atoms with Crippen LogP contribution in [-0.4, -0.2) is 12.5 Å². The number of benzene rings is 2. The van der Waals surface area contributed by atoms with Crippen LogP contribution in [0.4, 0.5) is 18.9 Å². The van der Waals surface area contributed by atoms with Crippen LogP contribution in [0.3, 0.4) is 0 Å². The number of para-hydroxylation sites is 2. The molecule has 0 unspecified atom stereocenters. The number of carbonyl (C=O) groups is 1. The normalized spacial score (nSPS) is 10.5. The van der Waals surface area contributed by atoms with Crippen LogP contribution in [-0.2, 0) is 11.2 Å². The number of amides is 1. The van der Waals surface area contributed by atoms with E-state index in [-0.39, 0.29) is 29.6 Å². The van der Waals surface area contributed by atoms with Crippen LogP contribution in [0.2, 0.25) is 0 Å². The Balaban J connectivity index is 1.93. The number of alkyl halides is 2. The van der Waals surface area contributed by atoms with Crippen LogP contribution in [0.1, 0.15) is 12.0 Å². The predicted molar refractivity (Wildman–Crippen MR) is 76.4 cm³/mol. The number of nitrogens with one attached hydrogen (secondary N) is 1. The maximum absolute atomic E-state index is 12.8. The lowest BCUT2D eigenvalue weighted by molar-refractivity contribution is -0.116. The Bertz CT molecular complexity index is 630. The second kappa shape index (κ2) is 7.49. The quantitative estimate of drug-likeness (QED) is 0.876. The largest absolute Gasteiger partial charge is 0.433 e. The Labute approximate surface area is 125 Å². The maximum Gasteiger partial charge on any atom is 0.387 e. The van der Waals surface area contributed by atoms with E-state index in [0.29, 0.717) is 6.42 Å². The molecule has 0 atom stereocenters. The fourth-order valence-electron chi connectivity index (χ4n) is 1.89. The second-order valence-electron chi connectivity index (χ2n) is 4.55. The van der Waals surface area contributed by atoms with Gasteiger partial charge in [-0.25, -0.2) is 4.39 Å². The molecule has 0 fully saturated rings. The molecule has 2 aromatic rings. The van der Waals surface area contributed by atoms with Gasteiger partial charge in [0.25, 0.3) is 0 Å². The first-order valence-electron chi connectivity index (χ1n) is 6.63. The molecule has 0 aliphatic rings. The van der Waals surface area contributed by atoms with E-state index in [1.165, 1.54) is 30.3 Å². The van der Waals surface area contributed by atoms with Crippen molar-refractivity contribution in [1.82, 2.24) is 0 Å². The van der Waals surface area contributed by atoms with Gasteiger partial charge in [0.05, 0.1) is 5.69 Å². The number of halogens is 3. The molecule has 0 aromatic heterocycles. The van der Waals surface area contributed by atoms with Crippen molar-refractivity contribution in [2.24, 2.45) is 0 Å². The van der Waals surface area contributed by atoms with Gasteiger partial charge in [0, 0.05) is 6.42 Å². The van der Waals surface area contributed by atoms with Gasteiger partial charge in [-0.3, -0.25) is 4.79 Å². The molecular formula is C16H14F3NO2. The summed E-state index contributed by atoms with van der Waals surface area (Å²) in [4.78, 5) is 11.9. The topological polar surface area (TPSA) is 38.3 Å². The molecule has 1 amide bonds. The van der Waals surface area contributed by atoms with Gasteiger partial charge in [0.2, 0.25) is 5.91 Å². The first kappa shape index (κ1) is 15.9. The van der Waals surface area contributed by atoms with Crippen molar-refractivity contribution in [3.8, 4) is 5.75 Å². The van der Waals surface area contributed by atoms with Crippen molar-refractivity contribution in [1.29, 1.82) is 0 Å². The highest BCUT2D eigenvalue weighted by Crippen LogP contribution is 2.25. The minimum atomic E-state index is -2.96. The molecule has 0 saturated carbocycles. The molecule has 0 spiro atoms. The molecule has 0 bridgehead atoms. The molecule has 2 aromatic carbocycles. The first-order valence-corrected chi connectivity index (χ1v) is 6.63. The van der Waals surface area contributed by atoms with Gasteiger partial charge in [-0.15, -0.1) is 0 Å². The molecule has 2 rings (SSSR count). The van der Waals surface area contributed by atoms with E-state index in [9.17, 15) is 18.0 Å². The Morgan fingerprint density at radius 1 is 1.09 bits per heavy atom. The van der Waals surface area contributed by atoms with Crippen LogP contribution < -0.4 is 10.1 Å². The zero-order valence-electron chi connectivity index (χ0n) is 11.6. The van der Waals surface area contributed by atoms with Gasteiger partial charge < -0.3 is 10.1 Å². The minimum absolute atomic E-state index is 0.0902. The summed E-state index contributed by atoms with van der Waals surface area (Å²) < 4.78 is 41.6. The van der Waals surface area contributed by atoms with Gasteiger partial charge in [-0.2, -0.15) is 8.78 Å². The summed E-state index contributed by atoms with van der Waals surface area (Å²) in [5, 5.41) is 2.53. The molecule has 0 saturated heterocycles. The lowest BCUT2D eigenvalue weighted by atomic mass is 10.1. The molecule has 116 valence electrons. The molecule has 1 N–H and O–H groups in total. The summed E-state index contributed by atoms with van der Waals surface area (Å²) in [6, 6.07) is 11.8.